The summed E-state index contributed by atoms with van der Waals surface area (Å²) in [5, 5.41) is 11.1. The summed E-state index contributed by atoms with van der Waals surface area (Å²) in [6.07, 6.45) is 10.1. The molecule has 3 aromatic rings. The molecule has 2 bridgehead atoms. The van der Waals surface area contributed by atoms with Crippen LogP contribution in [0.5, 0.6) is 0 Å². The van der Waals surface area contributed by atoms with Crippen molar-refractivity contribution in [2.24, 2.45) is 5.92 Å². The Bertz CT molecular complexity index is 1170. The van der Waals surface area contributed by atoms with Gasteiger partial charge in [0.1, 0.15) is 0 Å². The molecule has 0 amide bonds. The minimum Gasteiger partial charge on any atom is -0.512 e. The molecule has 33 heavy (non-hydrogen) atoms. The molecule has 1 N–H and O–H groups in total. The Morgan fingerprint density at radius 2 is 1.85 bits per heavy atom. The summed E-state index contributed by atoms with van der Waals surface area (Å²) in [5.74, 6) is 0.900. The second-order valence-electron chi connectivity index (χ2n) is 9.64. The van der Waals surface area contributed by atoms with Crippen LogP contribution < -0.4 is 0 Å². The molecule has 0 aliphatic heterocycles. The van der Waals surface area contributed by atoms with E-state index in [0.29, 0.717) is 5.41 Å². The number of rotatable bonds is 3. The third-order valence-electron chi connectivity index (χ3n) is 6.93. The topological polar surface area (TPSA) is 50.2 Å². The molecular weight excluding hydrogens is 587 g/mol. The molecule has 5 rings (SSSR count). The molecule has 0 spiro atoms. The van der Waals surface area contributed by atoms with Gasteiger partial charge < -0.3 is 10.1 Å². The van der Waals surface area contributed by atoms with Gasteiger partial charge in [-0.05, 0) is 85.4 Å². The van der Waals surface area contributed by atoms with Crippen molar-refractivity contribution in [3.8, 4) is 11.3 Å². The van der Waals surface area contributed by atoms with Gasteiger partial charge in [0.25, 0.3) is 0 Å². The molecule has 2 fully saturated rings. The molecule has 1 heterocycles. The molecule has 1 aromatic heterocycles. The molecule has 3 nitrogen and oxygen atoms in total. The third kappa shape index (κ3) is 5.45. The van der Waals surface area contributed by atoms with Gasteiger partial charge in [-0.2, -0.15) is 0 Å². The van der Waals surface area contributed by atoms with Gasteiger partial charge in [0, 0.05) is 32.4 Å². The number of benzene rings is 2. The summed E-state index contributed by atoms with van der Waals surface area (Å²) in [6.45, 7) is 7.11. The number of pyridine rings is 1. The fourth-order valence-electron chi connectivity index (χ4n) is 5.77. The average molecular weight is 619 g/mol. The van der Waals surface area contributed by atoms with Gasteiger partial charge in [-0.1, -0.05) is 32.0 Å². The van der Waals surface area contributed by atoms with Gasteiger partial charge in [-0.25, -0.2) is 0 Å². The number of hydrogen-bond acceptors (Lipinski definition) is 3. The number of aliphatic hydroxyl groups excluding tert-OH is 1. The first-order valence-corrected chi connectivity index (χ1v) is 11.5. The van der Waals surface area contributed by atoms with Crippen molar-refractivity contribution in [1.82, 2.24) is 4.98 Å². The minimum atomic E-state index is -0.125. The van der Waals surface area contributed by atoms with Crippen molar-refractivity contribution in [1.29, 1.82) is 0 Å². The Morgan fingerprint density at radius 3 is 2.39 bits per heavy atom. The van der Waals surface area contributed by atoms with Crippen LogP contribution in [0.15, 0.2) is 54.4 Å². The predicted octanol–water partition coefficient (Wildman–Crippen LogP) is 7.19. The van der Waals surface area contributed by atoms with Crippen molar-refractivity contribution >= 4 is 16.6 Å². The Balaban J connectivity index is 0.000000337. The second-order valence-corrected chi connectivity index (χ2v) is 9.64. The standard InChI is InChI=1S/C24H24N.C5H8O2.Ir/c1-16-12-17(2)14-19(13-16)23-21-4-3-5-22(20(21)8-11-25-23)24-9-6-18(15-24)7-10-24;1-4(6)3-5(2)7;/h3-5,8,11-13,18H,6-7,9-10,15H2,1-2H3;3,6H,1-2H3;/q-1;;/b;4-3-;. The normalized spacial score (nSPS) is 21.3. The molecule has 0 unspecified atom stereocenters. The van der Waals surface area contributed by atoms with Gasteiger partial charge in [0.05, 0.1) is 5.76 Å². The van der Waals surface area contributed by atoms with Crippen molar-refractivity contribution in [2.45, 2.75) is 65.2 Å². The van der Waals surface area contributed by atoms with E-state index < -0.39 is 0 Å². The molecule has 2 aliphatic carbocycles. The molecule has 2 saturated carbocycles. The molecule has 2 aromatic carbocycles. The molecule has 4 heteroatoms. The van der Waals surface area contributed by atoms with Gasteiger partial charge in [-0.15, -0.1) is 34.9 Å². The summed E-state index contributed by atoms with van der Waals surface area (Å²) < 4.78 is 0. The summed E-state index contributed by atoms with van der Waals surface area (Å²) in [7, 11) is 0. The number of carbonyl (C=O) groups is 1. The second kappa shape index (κ2) is 10.3. The van der Waals surface area contributed by atoms with Crippen molar-refractivity contribution in [2.75, 3.05) is 0 Å². The SMILES string of the molecule is CC(=O)/C=C(/C)O.Cc1[c-]c(-c2nccc3c(C45CCC(CC4)C5)cccc23)cc(C)c1.[Ir]. The summed E-state index contributed by atoms with van der Waals surface area (Å²) in [5.41, 5.74) is 6.64. The zero-order valence-corrected chi connectivity index (χ0v) is 22.3. The molecule has 1 radical (unpaired) electrons. The summed E-state index contributed by atoms with van der Waals surface area (Å²) >= 11 is 0. The summed E-state index contributed by atoms with van der Waals surface area (Å²) in [6, 6.07) is 17.0. The summed E-state index contributed by atoms with van der Waals surface area (Å²) in [4.78, 5) is 14.8. The first-order valence-electron chi connectivity index (χ1n) is 11.5. The quantitative estimate of drug-likeness (QED) is 0.192. The smallest absolute Gasteiger partial charge is 0.155 e. The first-order chi connectivity index (χ1) is 15.3. The third-order valence-corrected chi connectivity index (χ3v) is 6.93. The van der Waals surface area contributed by atoms with E-state index >= 15 is 0 Å². The van der Waals surface area contributed by atoms with Crippen LogP contribution in [-0.4, -0.2) is 15.9 Å². The fraction of sp³-hybridized carbons (Fsp3) is 0.379. The van der Waals surface area contributed by atoms with E-state index in [-0.39, 0.29) is 31.6 Å². The van der Waals surface area contributed by atoms with Crippen LogP contribution >= 0.6 is 0 Å². The molecule has 0 saturated heterocycles. The van der Waals surface area contributed by atoms with E-state index in [4.69, 9.17) is 10.1 Å². The Labute approximate surface area is 210 Å². The van der Waals surface area contributed by atoms with Crippen LogP contribution in [-0.2, 0) is 30.3 Å². The molecule has 2 aliphatic rings. The van der Waals surface area contributed by atoms with Crippen molar-refractivity contribution in [3.63, 3.8) is 0 Å². The van der Waals surface area contributed by atoms with Crippen LogP contribution in [0.3, 0.4) is 0 Å². The number of allylic oxidation sites excluding steroid dienone is 2. The molecular formula is C29H32IrNO2-. The van der Waals surface area contributed by atoms with E-state index in [1.807, 2.05) is 6.20 Å². The monoisotopic (exact) mass is 619 g/mol. The van der Waals surface area contributed by atoms with E-state index in [2.05, 4.69) is 56.3 Å². The average Bonchev–Trinajstić information content (AvgIpc) is 3.34. The minimum absolute atomic E-state index is 0. The number of aromatic nitrogens is 1. The predicted molar refractivity (Wildman–Crippen MR) is 131 cm³/mol. The van der Waals surface area contributed by atoms with E-state index in [1.54, 1.807) is 5.56 Å². The maximum Gasteiger partial charge on any atom is 0.155 e. The Morgan fingerprint density at radius 1 is 1.12 bits per heavy atom. The van der Waals surface area contributed by atoms with Crippen LogP contribution in [0, 0.1) is 25.8 Å². The van der Waals surface area contributed by atoms with E-state index in [9.17, 15) is 4.79 Å². The van der Waals surface area contributed by atoms with Crippen LogP contribution in [0.25, 0.3) is 22.0 Å². The number of aliphatic hydroxyl groups is 1. The zero-order chi connectivity index (χ0) is 22.9. The number of carbonyl (C=O) groups excluding carboxylic acids is 1. The number of aryl methyl sites for hydroxylation is 2. The van der Waals surface area contributed by atoms with Gasteiger partial charge >= 0.3 is 0 Å². The number of hydrogen-bond donors (Lipinski definition) is 1. The van der Waals surface area contributed by atoms with Gasteiger partial charge in [0.15, 0.2) is 5.78 Å². The maximum atomic E-state index is 10.0. The van der Waals surface area contributed by atoms with E-state index in [0.717, 1.165) is 17.2 Å². The molecule has 175 valence electrons. The van der Waals surface area contributed by atoms with E-state index in [1.165, 1.54) is 73.9 Å². The van der Waals surface area contributed by atoms with Crippen molar-refractivity contribution in [3.05, 3.63) is 77.2 Å². The van der Waals surface area contributed by atoms with Crippen molar-refractivity contribution < 1.29 is 30.0 Å². The number of nitrogens with zero attached hydrogens (tertiary/aromatic N) is 1. The maximum absolute atomic E-state index is 10.0. The molecule has 0 atom stereocenters. The van der Waals surface area contributed by atoms with Crippen LogP contribution in [0.4, 0.5) is 0 Å². The van der Waals surface area contributed by atoms with Gasteiger partial charge in [0.2, 0.25) is 0 Å². The number of fused-ring (bicyclic) bond motifs is 3. The Hall–Kier alpha value is -2.29. The Kier molecular flexibility index (Phi) is 7.92. The largest absolute Gasteiger partial charge is 0.512 e. The first kappa shape index (κ1) is 25.3. The fourth-order valence-corrected chi connectivity index (χ4v) is 5.77. The van der Waals surface area contributed by atoms with Crippen LogP contribution in [0.2, 0.25) is 0 Å². The van der Waals surface area contributed by atoms with Gasteiger partial charge in [-0.3, -0.25) is 4.79 Å². The zero-order valence-electron chi connectivity index (χ0n) is 19.9. The van der Waals surface area contributed by atoms with Crippen LogP contribution in [0.1, 0.15) is 62.6 Å². The number of ketones is 1.